The van der Waals surface area contributed by atoms with E-state index in [1.54, 1.807) is 0 Å². The van der Waals surface area contributed by atoms with Crippen molar-refractivity contribution in [3.63, 3.8) is 0 Å². The fraction of sp³-hybridized carbons (Fsp3) is 0.333. The zero-order valence-corrected chi connectivity index (χ0v) is 27.1. The van der Waals surface area contributed by atoms with Gasteiger partial charge in [-0.3, -0.25) is 4.79 Å². The first-order valence-corrected chi connectivity index (χ1v) is 16.2. The lowest BCUT2D eigenvalue weighted by Gasteiger charge is -2.45. The molecule has 1 amide bonds. The molecule has 1 aliphatic rings. The lowest BCUT2D eigenvalue weighted by atomic mass is 9.89. The van der Waals surface area contributed by atoms with Crippen LogP contribution in [0.4, 0.5) is 0 Å². The number of aliphatic carboxylic acids is 1. The highest BCUT2D eigenvalue weighted by molar-refractivity contribution is 5.74. The van der Waals surface area contributed by atoms with Gasteiger partial charge >= 0.3 is 5.97 Å². The minimum atomic E-state index is -1.20. The van der Waals surface area contributed by atoms with E-state index in [1.165, 1.54) is 6.92 Å². The summed E-state index contributed by atoms with van der Waals surface area (Å²) in [4.78, 5) is 25.2. The van der Waals surface area contributed by atoms with Gasteiger partial charge in [-0.1, -0.05) is 121 Å². The average molecular weight is 654 g/mol. The number of carbonyl (C=O) groups excluding carboxylic acids is 1. The van der Waals surface area contributed by atoms with Gasteiger partial charge in [-0.25, -0.2) is 4.79 Å². The van der Waals surface area contributed by atoms with Gasteiger partial charge in [-0.15, -0.1) is 0 Å². The van der Waals surface area contributed by atoms with E-state index in [0.29, 0.717) is 6.61 Å². The Morgan fingerprint density at radius 3 is 1.71 bits per heavy atom. The van der Waals surface area contributed by atoms with Crippen LogP contribution in [0.15, 0.2) is 121 Å². The average Bonchev–Trinajstić information content (AvgIpc) is 3.11. The van der Waals surface area contributed by atoms with Crippen LogP contribution in [-0.2, 0) is 59.7 Å². The second kappa shape index (κ2) is 18.2. The van der Waals surface area contributed by atoms with Crippen LogP contribution in [0, 0.1) is 0 Å². The Kier molecular flexibility index (Phi) is 13.3. The third-order valence-electron chi connectivity index (χ3n) is 8.15. The summed E-state index contributed by atoms with van der Waals surface area (Å²) in [5.74, 6) is -1.43. The fourth-order valence-electron chi connectivity index (χ4n) is 5.76. The number of ether oxygens (including phenoxy) is 5. The van der Waals surface area contributed by atoms with Crippen LogP contribution in [-0.4, -0.2) is 60.2 Å². The minimum absolute atomic E-state index is 0.0368. The minimum Gasteiger partial charge on any atom is -0.479 e. The highest BCUT2D eigenvalue weighted by Gasteiger charge is 2.48. The van der Waals surface area contributed by atoms with Gasteiger partial charge in [-0.2, -0.15) is 0 Å². The molecule has 9 nitrogen and oxygen atoms in total. The standard InChI is InChI=1S/C39H43NO8/c1-28(41)40-36-33(45-24-30-16-8-3-9-17-30)22-34(39(42)43)48-38(36)37(47-26-32-20-12-5-13-21-32)35(46-25-31-18-10-4-11-19-31)27-44-23-29-14-6-2-7-15-29/h2-21,33-38H,22-27H2,1H3,(H,40,41)(H,42,43)/t33-,34-,35+,36+,37+,38+/m0/s1. The predicted molar refractivity (Wildman–Crippen MR) is 180 cm³/mol. The first-order valence-electron chi connectivity index (χ1n) is 16.2. The molecule has 0 aromatic heterocycles. The van der Waals surface area contributed by atoms with Crippen LogP contribution in [0.5, 0.6) is 0 Å². The van der Waals surface area contributed by atoms with Gasteiger partial charge < -0.3 is 34.1 Å². The van der Waals surface area contributed by atoms with E-state index in [1.807, 2.05) is 121 Å². The van der Waals surface area contributed by atoms with Crippen LogP contribution in [0.1, 0.15) is 35.6 Å². The van der Waals surface area contributed by atoms with E-state index < -0.39 is 42.5 Å². The quantitative estimate of drug-likeness (QED) is 0.149. The molecule has 252 valence electrons. The number of carboxylic acid groups (broad SMARTS) is 1. The Labute approximate surface area is 281 Å². The van der Waals surface area contributed by atoms with E-state index in [9.17, 15) is 14.7 Å². The molecule has 0 bridgehead atoms. The summed E-state index contributed by atoms with van der Waals surface area (Å²) in [5.41, 5.74) is 3.77. The first-order chi connectivity index (χ1) is 23.5. The molecule has 4 aromatic carbocycles. The maximum Gasteiger partial charge on any atom is 0.332 e. The van der Waals surface area contributed by atoms with Crippen molar-refractivity contribution >= 4 is 11.9 Å². The topological polar surface area (TPSA) is 113 Å². The molecule has 9 heteroatoms. The molecule has 0 radical (unpaired) electrons. The third kappa shape index (κ3) is 10.6. The molecule has 2 N–H and O–H groups in total. The number of benzene rings is 4. The summed E-state index contributed by atoms with van der Waals surface area (Å²) in [6.07, 6.45) is -4.42. The molecule has 1 aliphatic heterocycles. The second-order valence-electron chi connectivity index (χ2n) is 11.8. The summed E-state index contributed by atoms with van der Waals surface area (Å²) in [6, 6.07) is 38.0. The number of carbonyl (C=O) groups is 2. The van der Waals surface area contributed by atoms with Crippen molar-refractivity contribution in [2.75, 3.05) is 6.61 Å². The first kappa shape index (κ1) is 34.9. The Morgan fingerprint density at radius 2 is 1.21 bits per heavy atom. The van der Waals surface area contributed by atoms with Gasteiger partial charge in [0.05, 0.1) is 45.2 Å². The number of amides is 1. The van der Waals surface area contributed by atoms with Crippen molar-refractivity contribution in [2.24, 2.45) is 0 Å². The van der Waals surface area contributed by atoms with Gasteiger partial charge in [0.1, 0.15) is 18.3 Å². The van der Waals surface area contributed by atoms with Gasteiger partial charge in [0.2, 0.25) is 5.91 Å². The van der Waals surface area contributed by atoms with Crippen molar-refractivity contribution in [2.45, 2.75) is 76.3 Å². The number of carboxylic acids is 1. The molecule has 48 heavy (non-hydrogen) atoms. The van der Waals surface area contributed by atoms with E-state index in [0.717, 1.165) is 22.3 Å². The van der Waals surface area contributed by atoms with Gasteiger partial charge in [0, 0.05) is 13.3 Å². The molecule has 1 saturated heterocycles. The molecule has 5 rings (SSSR count). The summed E-state index contributed by atoms with van der Waals surface area (Å²) in [7, 11) is 0. The highest BCUT2D eigenvalue weighted by Crippen LogP contribution is 2.30. The summed E-state index contributed by atoms with van der Waals surface area (Å²) >= 11 is 0. The van der Waals surface area contributed by atoms with E-state index >= 15 is 0 Å². The SMILES string of the molecule is CC(=O)N[C@H]1[C@H]([C@H](OCc2ccccc2)[C@@H](COCc2ccccc2)OCc2ccccc2)O[C@H](C(=O)O)C[C@@H]1OCc1ccccc1. The number of hydrogen-bond donors (Lipinski definition) is 2. The summed E-state index contributed by atoms with van der Waals surface area (Å²) in [6.45, 7) is 2.53. The largest absolute Gasteiger partial charge is 0.479 e. The molecule has 0 saturated carbocycles. The Hall–Kier alpha value is -4.38. The van der Waals surface area contributed by atoms with Crippen molar-refractivity contribution in [3.05, 3.63) is 144 Å². The monoisotopic (exact) mass is 653 g/mol. The third-order valence-corrected chi connectivity index (χ3v) is 8.15. The molecule has 0 aliphatic carbocycles. The molecule has 0 spiro atoms. The van der Waals surface area contributed by atoms with Crippen molar-refractivity contribution in [3.8, 4) is 0 Å². The molecule has 1 heterocycles. The normalized spacial score (nSPS) is 20.4. The fourth-order valence-corrected chi connectivity index (χ4v) is 5.76. The Balaban J connectivity index is 1.48. The number of hydrogen-bond acceptors (Lipinski definition) is 7. The molecule has 0 unspecified atom stereocenters. The van der Waals surface area contributed by atoms with E-state index in [-0.39, 0.29) is 38.8 Å². The van der Waals surface area contributed by atoms with Crippen LogP contribution >= 0.6 is 0 Å². The van der Waals surface area contributed by atoms with Crippen LogP contribution in [0.3, 0.4) is 0 Å². The highest BCUT2D eigenvalue weighted by atomic mass is 16.6. The lowest BCUT2D eigenvalue weighted by molar-refractivity contribution is -0.222. The van der Waals surface area contributed by atoms with E-state index in [4.69, 9.17) is 23.7 Å². The molecular weight excluding hydrogens is 610 g/mol. The maximum absolute atomic E-state index is 12.7. The molecule has 4 aromatic rings. The zero-order chi connectivity index (χ0) is 33.6. The van der Waals surface area contributed by atoms with Gasteiger partial charge in [0.15, 0.2) is 6.10 Å². The van der Waals surface area contributed by atoms with Crippen molar-refractivity contribution in [1.29, 1.82) is 0 Å². The summed E-state index contributed by atoms with van der Waals surface area (Å²) < 4.78 is 32.1. The predicted octanol–water partition coefficient (Wildman–Crippen LogP) is 5.71. The van der Waals surface area contributed by atoms with Crippen LogP contribution in [0.2, 0.25) is 0 Å². The maximum atomic E-state index is 12.7. The second-order valence-corrected chi connectivity index (χ2v) is 11.8. The summed E-state index contributed by atoms with van der Waals surface area (Å²) in [5, 5.41) is 13.2. The van der Waals surface area contributed by atoms with Crippen LogP contribution < -0.4 is 5.32 Å². The Bertz CT molecular complexity index is 1520. The molecular formula is C39H43NO8. The lowest BCUT2D eigenvalue weighted by Crippen LogP contribution is -2.64. The zero-order valence-electron chi connectivity index (χ0n) is 27.1. The molecule has 1 fully saturated rings. The van der Waals surface area contributed by atoms with Gasteiger partial charge in [0.25, 0.3) is 0 Å². The van der Waals surface area contributed by atoms with Crippen molar-refractivity contribution < 1.29 is 38.4 Å². The van der Waals surface area contributed by atoms with Crippen LogP contribution in [0.25, 0.3) is 0 Å². The number of rotatable bonds is 17. The Morgan fingerprint density at radius 1 is 0.729 bits per heavy atom. The van der Waals surface area contributed by atoms with E-state index in [2.05, 4.69) is 5.32 Å². The number of nitrogens with one attached hydrogen (secondary N) is 1. The van der Waals surface area contributed by atoms with Gasteiger partial charge in [-0.05, 0) is 22.3 Å². The molecule has 6 atom stereocenters. The van der Waals surface area contributed by atoms with Crippen molar-refractivity contribution in [1.82, 2.24) is 5.32 Å². The smallest absolute Gasteiger partial charge is 0.332 e.